The fourth-order valence-electron chi connectivity index (χ4n) is 3.97. The lowest BCUT2D eigenvalue weighted by Gasteiger charge is -2.35. The quantitative estimate of drug-likeness (QED) is 0.796. The van der Waals surface area contributed by atoms with Crippen LogP contribution in [0.15, 0.2) is 6.07 Å². The summed E-state index contributed by atoms with van der Waals surface area (Å²) < 4.78 is 0. The third-order valence-electron chi connectivity index (χ3n) is 5.76. The molecule has 1 aromatic heterocycles. The summed E-state index contributed by atoms with van der Waals surface area (Å²) in [4.78, 5) is 40.0. The fourth-order valence-corrected chi connectivity index (χ4v) is 3.97. The smallest absolute Gasteiger partial charge is 0.227 e. The number of carbonyl (C=O) groups excluding carboxylic acids is 2. The molecule has 2 saturated heterocycles. The number of rotatable bonds is 3. The van der Waals surface area contributed by atoms with E-state index in [-0.39, 0.29) is 29.1 Å². The van der Waals surface area contributed by atoms with Crippen molar-refractivity contribution in [2.75, 3.05) is 45.7 Å². The zero-order valence-electron chi connectivity index (χ0n) is 18.0. The van der Waals surface area contributed by atoms with Gasteiger partial charge in [-0.1, -0.05) is 20.8 Å². The van der Waals surface area contributed by atoms with Crippen molar-refractivity contribution in [2.24, 2.45) is 5.41 Å². The summed E-state index contributed by atoms with van der Waals surface area (Å²) in [5, 5.41) is 0. The Morgan fingerprint density at radius 1 is 1.14 bits per heavy atom. The number of likely N-dealkylation sites (tertiary alicyclic amines) is 2. The number of amides is 2. The molecule has 0 N–H and O–H groups in total. The van der Waals surface area contributed by atoms with Crippen molar-refractivity contribution in [1.82, 2.24) is 19.8 Å². The molecule has 0 radical (unpaired) electrons. The molecule has 2 aliphatic heterocycles. The van der Waals surface area contributed by atoms with Gasteiger partial charge in [0.1, 0.15) is 11.6 Å². The number of aromatic nitrogens is 2. The summed E-state index contributed by atoms with van der Waals surface area (Å²) in [6.07, 6.45) is 2.27. The van der Waals surface area contributed by atoms with Gasteiger partial charge in [0.05, 0.1) is 5.69 Å². The molecule has 0 saturated carbocycles. The highest BCUT2D eigenvalue weighted by atomic mass is 16.2. The maximum absolute atomic E-state index is 12.5. The van der Waals surface area contributed by atoms with E-state index in [9.17, 15) is 9.59 Å². The first-order valence-electron chi connectivity index (χ1n) is 10.2. The predicted molar refractivity (Wildman–Crippen MR) is 109 cm³/mol. The highest BCUT2D eigenvalue weighted by molar-refractivity contribution is 5.81. The molecule has 2 fully saturated rings. The van der Waals surface area contributed by atoms with Crippen molar-refractivity contribution >= 4 is 17.6 Å². The minimum Gasteiger partial charge on any atom is -0.363 e. The van der Waals surface area contributed by atoms with Crippen LogP contribution in [-0.4, -0.2) is 72.4 Å². The van der Waals surface area contributed by atoms with E-state index in [4.69, 9.17) is 9.97 Å². The van der Waals surface area contributed by atoms with Crippen LogP contribution in [0.5, 0.6) is 0 Å². The van der Waals surface area contributed by atoms with Gasteiger partial charge in [-0.3, -0.25) is 9.59 Å². The molecule has 0 bridgehead atoms. The van der Waals surface area contributed by atoms with Crippen LogP contribution in [0.4, 0.5) is 5.82 Å². The number of piperidine rings is 1. The van der Waals surface area contributed by atoms with Gasteiger partial charge >= 0.3 is 0 Å². The number of hydrogen-bond donors (Lipinski definition) is 0. The summed E-state index contributed by atoms with van der Waals surface area (Å²) in [7, 11) is 5.80. The first kappa shape index (κ1) is 20.6. The Morgan fingerprint density at radius 2 is 1.79 bits per heavy atom. The maximum Gasteiger partial charge on any atom is 0.227 e. The van der Waals surface area contributed by atoms with Crippen molar-refractivity contribution in [3.8, 4) is 0 Å². The zero-order valence-corrected chi connectivity index (χ0v) is 18.0. The fraction of sp³-hybridized carbons (Fsp3) is 0.714. The Morgan fingerprint density at radius 3 is 2.29 bits per heavy atom. The lowest BCUT2D eigenvalue weighted by atomic mass is 9.90. The Hall–Kier alpha value is -2.18. The summed E-state index contributed by atoms with van der Waals surface area (Å²) in [5.74, 6) is 2.49. The number of hydrogen-bond acceptors (Lipinski definition) is 5. The Balaban J connectivity index is 1.79. The van der Waals surface area contributed by atoms with Crippen LogP contribution in [0, 0.1) is 5.41 Å². The summed E-state index contributed by atoms with van der Waals surface area (Å²) in [6, 6.07) is 2.01. The molecule has 7 nitrogen and oxygen atoms in total. The molecule has 0 aliphatic carbocycles. The molecule has 154 valence electrons. The second-order valence-corrected chi connectivity index (χ2v) is 9.40. The lowest BCUT2D eigenvalue weighted by Crippen LogP contribution is -2.44. The highest BCUT2D eigenvalue weighted by Gasteiger charge is 2.33. The van der Waals surface area contributed by atoms with Crippen LogP contribution < -0.4 is 4.90 Å². The second kappa shape index (κ2) is 7.68. The van der Waals surface area contributed by atoms with E-state index in [1.807, 2.05) is 57.8 Å². The molecule has 2 aliphatic rings. The lowest BCUT2D eigenvalue weighted by molar-refractivity contribution is -0.140. The molecule has 0 spiro atoms. The van der Waals surface area contributed by atoms with Crippen molar-refractivity contribution < 1.29 is 9.59 Å². The number of likely N-dealkylation sites (N-methyl/N-ethyl adjacent to an activating group) is 1. The number of nitrogens with zero attached hydrogens (tertiary/aromatic N) is 5. The van der Waals surface area contributed by atoms with Crippen LogP contribution in [0.25, 0.3) is 0 Å². The van der Waals surface area contributed by atoms with Crippen LogP contribution >= 0.6 is 0 Å². The minimum atomic E-state index is -0.345. The van der Waals surface area contributed by atoms with E-state index in [0.717, 1.165) is 43.3 Å². The van der Waals surface area contributed by atoms with Gasteiger partial charge in [-0.05, 0) is 12.8 Å². The van der Waals surface area contributed by atoms with Gasteiger partial charge in [-0.25, -0.2) is 9.97 Å². The molecule has 28 heavy (non-hydrogen) atoms. The molecule has 3 rings (SSSR count). The SMILES string of the molecule is CN1C[C@@H](c2cc(N(C)C)nc(C3CCN(C(=O)C(C)(C)C)CC3)n2)CC1=O. The Bertz CT molecular complexity index is 748. The molecule has 0 aromatic carbocycles. The first-order valence-corrected chi connectivity index (χ1v) is 10.2. The minimum absolute atomic E-state index is 0.125. The first-order chi connectivity index (χ1) is 13.1. The standard InChI is InChI=1S/C21H33N5O2/c1-21(2,3)20(28)26-9-7-14(8-10-26)19-22-16(12-17(23-19)24(4)5)15-11-18(27)25(6)13-15/h12,14-15H,7-11,13H2,1-6H3/t15-/m0/s1. The van der Waals surface area contributed by atoms with Crippen molar-refractivity contribution in [2.45, 2.75) is 51.9 Å². The number of anilines is 1. The molecule has 0 unspecified atom stereocenters. The van der Waals surface area contributed by atoms with E-state index in [2.05, 4.69) is 0 Å². The van der Waals surface area contributed by atoms with Crippen molar-refractivity contribution in [3.05, 3.63) is 17.6 Å². The van der Waals surface area contributed by atoms with Crippen LogP contribution in [-0.2, 0) is 9.59 Å². The van der Waals surface area contributed by atoms with E-state index < -0.39 is 0 Å². The van der Waals surface area contributed by atoms with Crippen molar-refractivity contribution in [3.63, 3.8) is 0 Å². The van der Waals surface area contributed by atoms with Crippen LogP contribution in [0.1, 0.15) is 63.4 Å². The molecular weight excluding hydrogens is 354 g/mol. The molecule has 1 atom stereocenters. The molecule has 7 heteroatoms. The van der Waals surface area contributed by atoms with Gasteiger partial charge in [0.15, 0.2) is 0 Å². The normalized spacial score (nSPS) is 21.4. The summed E-state index contributed by atoms with van der Waals surface area (Å²) in [6.45, 7) is 8.11. The molecule has 3 heterocycles. The maximum atomic E-state index is 12.5. The third kappa shape index (κ3) is 4.28. The second-order valence-electron chi connectivity index (χ2n) is 9.40. The monoisotopic (exact) mass is 387 g/mol. The zero-order chi connectivity index (χ0) is 20.6. The van der Waals surface area contributed by atoms with Gasteiger partial charge in [0.2, 0.25) is 11.8 Å². The van der Waals surface area contributed by atoms with E-state index in [1.165, 1.54) is 0 Å². The average Bonchev–Trinajstić information content (AvgIpc) is 2.99. The Kier molecular flexibility index (Phi) is 5.64. The number of carbonyl (C=O) groups is 2. The third-order valence-corrected chi connectivity index (χ3v) is 5.76. The Labute approximate surface area is 168 Å². The molecule has 2 amide bonds. The predicted octanol–water partition coefficient (Wildman–Crippen LogP) is 2.24. The van der Waals surface area contributed by atoms with Gasteiger partial charge < -0.3 is 14.7 Å². The topological polar surface area (TPSA) is 69.6 Å². The van der Waals surface area contributed by atoms with Crippen LogP contribution in [0.2, 0.25) is 0 Å². The van der Waals surface area contributed by atoms with Gasteiger partial charge in [-0.2, -0.15) is 0 Å². The van der Waals surface area contributed by atoms with Gasteiger partial charge in [-0.15, -0.1) is 0 Å². The highest BCUT2D eigenvalue weighted by Crippen LogP contribution is 2.32. The molecular formula is C21H33N5O2. The van der Waals surface area contributed by atoms with Crippen LogP contribution in [0.3, 0.4) is 0 Å². The van der Waals surface area contributed by atoms with E-state index in [0.29, 0.717) is 13.0 Å². The van der Waals surface area contributed by atoms with Crippen molar-refractivity contribution in [1.29, 1.82) is 0 Å². The van der Waals surface area contributed by atoms with Gasteiger partial charge in [0.25, 0.3) is 0 Å². The van der Waals surface area contributed by atoms with E-state index in [1.54, 1.807) is 4.90 Å². The largest absolute Gasteiger partial charge is 0.363 e. The molecule has 1 aromatic rings. The average molecular weight is 388 g/mol. The van der Waals surface area contributed by atoms with Gasteiger partial charge in [0, 0.05) is 70.5 Å². The summed E-state index contributed by atoms with van der Waals surface area (Å²) >= 11 is 0. The summed E-state index contributed by atoms with van der Waals surface area (Å²) in [5.41, 5.74) is 0.613. The van der Waals surface area contributed by atoms with E-state index >= 15 is 0 Å².